The first kappa shape index (κ1) is 16.1. The Morgan fingerprint density at radius 3 is 2.62 bits per heavy atom. The van der Waals surface area contributed by atoms with E-state index in [9.17, 15) is 4.39 Å². The highest BCUT2D eigenvalue weighted by Crippen LogP contribution is 2.17. The van der Waals surface area contributed by atoms with E-state index >= 15 is 0 Å². The van der Waals surface area contributed by atoms with Crippen molar-refractivity contribution in [1.82, 2.24) is 5.32 Å². The van der Waals surface area contributed by atoms with E-state index in [1.54, 1.807) is 12.1 Å². The predicted molar refractivity (Wildman–Crippen MR) is 86.5 cm³/mol. The topological polar surface area (TPSA) is 21.3 Å². The maximum Gasteiger partial charge on any atom is 0.137 e. The zero-order valence-corrected chi connectivity index (χ0v) is 13.4. The molecule has 0 saturated carbocycles. The highest BCUT2D eigenvalue weighted by atomic mass is 79.9. The van der Waals surface area contributed by atoms with Gasteiger partial charge in [-0.15, -0.1) is 0 Å². The highest BCUT2D eigenvalue weighted by Gasteiger charge is 2.00. The molecule has 2 rings (SSSR count). The van der Waals surface area contributed by atoms with E-state index in [4.69, 9.17) is 4.74 Å². The van der Waals surface area contributed by atoms with Gasteiger partial charge in [0.25, 0.3) is 0 Å². The summed E-state index contributed by atoms with van der Waals surface area (Å²) in [5.74, 6) is -0.246. The molecule has 112 valence electrons. The van der Waals surface area contributed by atoms with E-state index in [0.29, 0.717) is 17.7 Å². The number of hydrogen-bond donors (Lipinski definition) is 1. The van der Waals surface area contributed by atoms with Crippen molar-refractivity contribution in [2.24, 2.45) is 0 Å². The molecule has 4 heteroatoms. The van der Waals surface area contributed by atoms with Gasteiger partial charge in [-0.1, -0.05) is 36.4 Å². The van der Waals surface area contributed by atoms with E-state index in [2.05, 4.69) is 33.4 Å². The van der Waals surface area contributed by atoms with Crippen LogP contribution in [0.4, 0.5) is 4.39 Å². The Morgan fingerprint density at radius 2 is 1.86 bits per heavy atom. The average molecular weight is 352 g/mol. The molecular formula is C17H19BrFNO. The summed E-state index contributed by atoms with van der Waals surface area (Å²) in [4.78, 5) is 0. The molecule has 0 spiro atoms. The average Bonchev–Trinajstić information content (AvgIpc) is 2.51. The fraction of sp³-hybridized carbons (Fsp3) is 0.294. The van der Waals surface area contributed by atoms with Gasteiger partial charge in [0, 0.05) is 13.2 Å². The van der Waals surface area contributed by atoms with Gasteiger partial charge in [-0.3, -0.25) is 0 Å². The molecule has 0 aliphatic heterocycles. The molecule has 2 aromatic rings. The van der Waals surface area contributed by atoms with Crippen molar-refractivity contribution >= 4 is 15.9 Å². The van der Waals surface area contributed by atoms with Gasteiger partial charge in [0.1, 0.15) is 5.82 Å². The molecule has 21 heavy (non-hydrogen) atoms. The van der Waals surface area contributed by atoms with E-state index in [0.717, 1.165) is 25.1 Å². The molecule has 0 bridgehead atoms. The predicted octanol–water partition coefficient (Wildman–Crippen LogP) is 4.28. The Bertz CT molecular complexity index is 548. The molecular weight excluding hydrogens is 333 g/mol. The molecule has 0 heterocycles. The molecule has 0 aliphatic rings. The van der Waals surface area contributed by atoms with Crippen LogP contribution in [0, 0.1) is 5.82 Å². The largest absolute Gasteiger partial charge is 0.377 e. The summed E-state index contributed by atoms with van der Waals surface area (Å²) in [6.45, 7) is 3.00. The van der Waals surface area contributed by atoms with Crippen LogP contribution in [0.2, 0.25) is 0 Å². The first-order valence-electron chi connectivity index (χ1n) is 7.02. The van der Waals surface area contributed by atoms with E-state index in [1.807, 2.05) is 18.2 Å². The summed E-state index contributed by atoms with van der Waals surface area (Å²) in [6, 6.07) is 15.3. The van der Waals surface area contributed by atoms with Crippen molar-refractivity contribution < 1.29 is 9.13 Å². The minimum atomic E-state index is -0.246. The summed E-state index contributed by atoms with van der Waals surface area (Å²) >= 11 is 3.17. The van der Waals surface area contributed by atoms with Crippen molar-refractivity contribution in [3.8, 4) is 0 Å². The monoisotopic (exact) mass is 351 g/mol. The molecule has 0 radical (unpaired) electrons. The minimum Gasteiger partial charge on any atom is -0.377 e. The van der Waals surface area contributed by atoms with Gasteiger partial charge in [0.05, 0.1) is 11.1 Å². The lowest BCUT2D eigenvalue weighted by Gasteiger charge is -2.07. The van der Waals surface area contributed by atoms with Crippen LogP contribution in [0.25, 0.3) is 0 Å². The Morgan fingerprint density at radius 1 is 1.05 bits per heavy atom. The molecule has 0 aliphatic carbocycles. The number of ether oxygens (including phenoxy) is 1. The van der Waals surface area contributed by atoms with Gasteiger partial charge in [-0.05, 0) is 52.2 Å². The zero-order chi connectivity index (χ0) is 14.9. The number of hydrogen-bond acceptors (Lipinski definition) is 2. The zero-order valence-electron chi connectivity index (χ0n) is 11.8. The van der Waals surface area contributed by atoms with Crippen LogP contribution in [0.1, 0.15) is 17.5 Å². The van der Waals surface area contributed by atoms with Crippen LogP contribution in [0.3, 0.4) is 0 Å². The second-order valence-electron chi connectivity index (χ2n) is 4.82. The third-order valence-electron chi connectivity index (χ3n) is 3.07. The first-order chi connectivity index (χ1) is 10.3. The Labute approximate surface area is 133 Å². The summed E-state index contributed by atoms with van der Waals surface area (Å²) in [5.41, 5.74) is 2.26. The summed E-state index contributed by atoms with van der Waals surface area (Å²) < 4.78 is 19.1. The van der Waals surface area contributed by atoms with Crippen molar-refractivity contribution in [2.45, 2.75) is 19.6 Å². The summed E-state index contributed by atoms with van der Waals surface area (Å²) in [5, 5.41) is 3.38. The molecule has 0 fully saturated rings. The van der Waals surface area contributed by atoms with Crippen molar-refractivity contribution in [3.05, 3.63) is 69.9 Å². The summed E-state index contributed by atoms with van der Waals surface area (Å²) in [6.07, 6.45) is 0.954. The van der Waals surface area contributed by atoms with Crippen molar-refractivity contribution in [1.29, 1.82) is 0 Å². The second-order valence-corrected chi connectivity index (χ2v) is 5.67. The maximum absolute atomic E-state index is 13.1. The molecule has 0 aromatic heterocycles. The molecule has 0 amide bonds. The highest BCUT2D eigenvalue weighted by molar-refractivity contribution is 9.10. The van der Waals surface area contributed by atoms with Crippen LogP contribution in [0.15, 0.2) is 53.0 Å². The lowest BCUT2D eigenvalue weighted by molar-refractivity contribution is 0.118. The van der Waals surface area contributed by atoms with E-state index in [-0.39, 0.29) is 5.82 Å². The van der Waals surface area contributed by atoms with Crippen molar-refractivity contribution in [3.63, 3.8) is 0 Å². The molecule has 0 saturated heterocycles. The fourth-order valence-electron chi connectivity index (χ4n) is 1.95. The molecule has 0 unspecified atom stereocenters. The smallest absolute Gasteiger partial charge is 0.137 e. The number of benzene rings is 2. The standard InChI is InChI=1S/C17H19BrFNO/c18-16-11-15(7-8-17(16)19)13-21-10-4-9-20-12-14-5-2-1-3-6-14/h1-3,5-8,11,20H,4,9-10,12-13H2. The summed E-state index contributed by atoms with van der Waals surface area (Å²) in [7, 11) is 0. The normalized spacial score (nSPS) is 10.8. The molecule has 0 atom stereocenters. The first-order valence-corrected chi connectivity index (χ1v) is 7.81. The molecule has 1 N–H and O–H groups in total. The van der Waals surface area contributed by atoms with Crippen LogP contribution < -0.4 is 5.32 Å². The molecule has 2 aromatic carbocycles. The Balaban J connectivity index is 1.55. The number of halogens is 2. The molecule has 2 nitrogen and oxygen atoms in total. The van der Waals surface area contributed by atoms with E-state index in [1.165, 1.54) is 11.6 Å². The lowest BCUT2D eigenvalue weighted by Crippen LogP contribution is -2.16. The maximum atomic E-state index is 13.1. The van der Waals surface area contributed by atoms with Gasteiger partial charge in [-0.2, -0.15) is 0 Å². The van der Waals surface area contributed by atoms with Crippen LogP contribution in [0.5, 0.6) is 0 Å². The Kier molecular flexibility index (Phi) is 6.86. The SMILES string of the molecule is Fc1ccc(COCCCNCc2ccccc2)cc1Br. The van der Waals surface area contributed by atoms with Crippen molar-refractivity contribution in [2.75, 3.05) is 13.2 Å². The minimum absolute atomic E-state index is 0.246. The fourth-order valence-corrected chi connectivity index (χ4v) is 2.37. The van der Waals surface area contributed by atoms with Crippen LogP contribution in [-0.4, -0.2) is 13.2 Å². The van der Waals surface area contributed by atoms with Gasteiger partial charge < -0.3 is 10.1 Å². The number of rotatable bonds is 8. The van der Waals surface area contributed by atoms with Gasteiger partial charge in [0.2, 0.25) is 0 Å². The lowest BCUT2D eigenvalue weighted by atomic mass is 10.2. The number of nitrogens with one attached hydrogen (secondary N) is 1. The Hall–Kier alpha value is -1.23. The third-order valence-corrected chi connectivity index (χ3v) is 3.67. The van der Waals surface area contributed by atoms with Gasteiger partial charge in [-0.25, -0.2) is 4.39 Å². The second kappa shape index (κ2) is 8.93. The van der Waals surface area contributed by atoms with E-state index < -0.39 is 0 Å². The quantitative estimate of drug-likeness (QED) is 0.716. The van der Waals surface area contributed by atoms with Crippen LogP contribution in [-0.2, 0) is 17.9 Å². The van der Waals surface area contributed by atoms with Gasteiger partial charge in [0.15, 0.2) is 0 Å². The van der Waals surface area contributed by atoms with Gasteiger partial charge >= 0.3 is 0 Å². The third kappa shape index (κ3) is 5.96. The van der Waals surface area contributed by atoms with Crippen LogP contribution >= 0.6 is 15.9 Å².